The summed E-state index contributed by atoms with van der Waals surface area (Å²) in [6, 6.07) is 0. The van der Waals surface area contributed by atoms with Gasteiger partial charge < -0.3 is 14.8 Å². The van der Waals surface area contributed by atoms with Gasteiger partial charge in [-0.25, -0.2) is 4.79 Å². The molecule has 0 saturated carbocycles. The topological polar surface area (TPSA) is 64.6 Å². The highest BCUT2D eigenvalue weighted by molar-refractivity contribution is 6.01. The zero-order valence-corrected chi connectivity index (χ0v) is 16.6. The lowest BCUT2D eigenvalue weighted by molar-refractivity contribution is -0.141. The van der Waals surface area contributed by atoms with E-state index in [1.807, 2.05) is 20.9 Å². The number of benzene rings is 1. The minimum Gasteiger partial charge on any atom is -0.469 e. The summed E-state index contributed by atoms with van der Waals surface area (Å²) in [5.74, 6) is -0.339. The summed E-state index contributed by atoms with van der Waals surface area (Å²) in [6.45, 7) is 8.61. The van der Waals surface area contributed by atoms with Crippen molar-refractivity contribution in [3.8, 4) is 0 Å². The van der Waals surface area contributed by atoms with Gasteiger partial charge >= 0.3 is 11.9 Å². The molecule has 1 unspecified atom stereocenters. The van der Waals surface area contributed by atoms with Crippen LogP contribution in [0.3, 0.4) is 0 Å². The molecule has 5 nitrogen and oxygen atoms in total. The molecule has 0 saturated heterocycles. The summed E-state index contributed by atoms with van der Waals surface area (Å²) in [5, 5.41) is 3.22. The molecule has 1 atom stereocenters. The first-order valence-corrected chi connectivity index (χ1v) is 9.11. The fraction of sp³-hybridized carbons (Fsp3) is 0.524. The van der Waals surface area contributed by atoms with Crippen LogP contribution in [0.15, 0.2) is 11.6 Å². The molecule has 0 fully saturated rings. The van der Waals surface area contributed by atoms with Crippen molar-refractivity contribution in [2.75, 3.05) is 19.5 Å². The first-order valence-electron chi connectivity index (χ1n) is 9.11. The van der Waals surface area contributed by atoms with Gasteiger partial charge in [0.2, 0.25) is 0 Å². The molecule has 1 aromatic rings. The molecule has 0 spiro atoms. The number of cyclic esters (lactones) is 1. The average Bonchev–Trinajstić information content (AvgIpc) is 3.01. The van der Waals surface area contributed by atoms with E-state index in [0.29, 0.717) is 25.0 Å². The second-order valence-electron chi connectivity index (χ2n) is 6.82. The van der Waals surface area contributed by atoms with Crippen LogP contribution in [0.5, 0.6) is 0 Å². The highest BCUT2D eigenvalue weighted by Crippen LogP contribution is 2.37. The molecule has 142 valence electrons. The first-order chi connectivity index (χ1) is 12.3. The lowest BCUT2D eigenvalue weighted by Crippen LogP contribution is -2.11. The SMILES string of the molecule is CCc1c(C)c2c(c(NC)c1C/C=C(\C)C(C)CC(=O)OC)C(=O)OC2. The molecule has 1 heterocycles. The number of carbonyl (C=O) groups is 2. The Morgan fingerprint density at radius 2 is 2.08 bits per heavy atom. The fourth-order valence-corrected chi connectivity index (χ4v) is 3.60. The predicted octanol–water partition coefficient (Wildman–Crippen LogP) is 3.96. The van der Waals surface area contributed by atoms with Crippen LogP contribution in [-0.4, -0.2) is 26.1 Å². The van der Waals surface area contributed by atoms with E-state index in [2.05, 4.69) is 25.2 Å². The van der Waals surface area contributed by atoms with Gasteiger partial charge in [0.25, 0.3) is 0 Å². The number of anilines is 1. The van der Waals surface area contributed by atoms with Crippen LogP contribution in [0.25, 0.3) is 0 Å². The minimum absolute atomic E-state index is 0.117. The van der Waals surface area contributed by atoms with Gasteiger partial charge in [-0.05, 0) is 49.3 Å². The molecule has 0 amide bonds. The summed E-state index contributed by atoms with van der Waals surface area (Å²) in [5.41, 5.74) is 7.22. The van der Waals surface area contributed by atoms with Crippen molar-refractivity contribution in [3.05, 3.63) is 39.5 Å². The molecule has 2 rings (SSSR count). The van der Waals surface area contributed by atoms with E-state index in [-0.39, 0.29) is 17.9 Å². The number of fused-ring (bicyclic) bond motifs is 1. The van der Waals surface area contributed by atoms with E-state index < -0.39 is 0 Å². The molecule has 1 aliphatic rings. The van der Waals surface area contributed by atoms with Crippen LogP contribution in [0.1, 0.15) is 59.8 Å². The fourth-order valence-electron chi connectivity index (χ4n) is 3.60. The van der Waals surface area contributed by atoms with Gasteiger partial charge in [0.15, 0.2) is 0 Å². The van der Waals surface area contributed by atoms with Crippen molar-refractivity contribution in [2.24, 2.45) is 5.92 Å². The number of nitrogens with one attached hydrogen (secondary N) is 1. The Bertz CT molecular complexity index is 749. The Hall–Kier alpha value is -2.30. The van der Waals surface area contributed by atoms with Gasteiger partial charge in [-0.15, -0.1) is 0 Å². The molecule has 0 aliphatic carbocycles. The Morgan fingerprint density at radius 1 is 1.38 bits per heavy atom. The van der Waals surface area contributed by atoms with E-state index in [9.17, 15) is 9.59 Å². The van der Waals surface area contributed by atoms with Gasteiger partial charge in [0, 0.05) is 12.6 Å². The maximum atomic E-state index is 12.2. The summed E-state index contributed by atoms with van der Waals surface area (Å²) in [6.07, 6.45) is 4.11. The van der Waals surface area contributed by atoms with Crippen molar-refractivity contribution in [1.29, 1.82) is 0 Å². The van der Waals surface area contributed by atoms with Gasteiger partial charge in [0.05, 0.1) is 24.8 Å². The second-order valence-corrected chi connectivity index (χ2v) is 6.82. The molecule has 1 aromatic carbocycles. The van der Waals surface area contributed by atoms with E-state index in [1.54, 1.807) is 0 Å². The number of carbonyl (C=O) groups excluding carboxylic acids is 2. The second kappa shape index (κ2) is 8.39. The Labute approximate surface area is 155 Å². The molecular weight excluding hydrogens is 330 g/mol. The largest absolute Gasteiger partial charge is 0.469 e. The maximum absolute atomic E-state index is 12.2. The third-order valence-corrected chi connectivity index (χ3v) is 5.38. The number of ether oxygens (including phenoxy) is 2. The van der Waals surface area contributed by atoms with Gasteiger partial charge in [-0.1, -0.05) is 25.5 Å². The molecule has 1 N–H and O–H groups in total. The number of allylic oxidation sites excluding steroid dienone is 2. The van der Waals surface area contributed by atoms with Crippen LogP contribution in [0, 0.1) is 12.8 Å². The van der Waals surface area contributed by atoms with E-state index in [0.717, 1.165) is 34.4 Å². The van der Waals surface area contributed by atoms with Crippen molar-refractivity contribution in [2.45, 2.75) is 53.6 Å². The van der Waals surface area contributed by atoms with Crippen molar-refractivity contribution < 1.29 is 19.1 Å². The molecule has 0 radical (unpaired) electrons. The molecular formula is C21H29NO4. The minimum atomic E-state index is -0.254. The smallest absolute Gasteiger partial charge is 0.341 e. The zero-order chi connectivity index (χ0) is 19.4. The molecule has 5 heteroatoms. The van der Waals surface area contributed by atoms with E-state index >= 15 is 0 Å². The molecule has 0 bridgehead atoms. The maximum Gasteiger partial charge on any atom is 0.341 e. The standard InChI is InChI=1S/C21H29NO4/c1-7-15-14(4)17-11-26-21(24)19(17)20(22-5)16(15)9-8-12(2)13(3)10-18(23)25-6/h8,13,22H,7,9-11H2,1-6H3/b12-8+. The third-order valence-electron chi connectivity index (χ3n) is 5.38. The Balaban J connectivity index is 2.41. The lowest BCUT2D eigenvalue weighted by atomic mass is 9.87. The molecule has 1 aliphatic heterocycles. The summed E-state index contributed by atoms with van der Waals surface area (Å²) < 4.78 is 10.0. The van der Waals surface area contributed by atoms with Crippen LogP contribution in [0.2, 0.25) is 0 Å². The van der Waals surface area contributed by atoms with E-state index in [1.165, 1.54) is 12.7 Å². The van der Waals surface area contributed by atoms with Gasteiger partial charge in [-0.2, -0.15) is 0 Å². The lowest BCUT2D eigenvalue weighted by Gasteiger charge is -2.20. The normalized spacial score (nSPS) is 14.7. The predicted molar refractivity (Wildman–Crippen MR) is 102 cm³/mol. The van der Waals surface area contributed by atoms with Gasteiger partial charge in [-0.3, -0.25) is 4.79 Å². The van der Waals surface area contributed by atoms with E-state index in [4.69, 9.17) is 9.47 Å². The summed E-state index contributed by atoms with van der Waals surface area (Å²) >= 11 is 0. The molecule has 0 aromatic heterocycles. The number of hydrogen-bond donors (Lipinski definition) is 1. The monoisotopic (exact) mass is 359 g/mol. The number of methoxy groups -OCH3 is 1. The Kier molecular flexibility index (Phi) is 6.46. The van der Waals surface area contributed by atoms with Crippen molar-refractivity contribution in [1.82, 2.24) is 0 Å². The number of hydrogen-bond acceptors (Lipinski definition) is 5. The van der Waals surface area contributed by atoms with Crippen molar-refractivity contribution in [3.63, 3.8) is 0 Å². The molecule has 26 heavy (non-hydrogen) atoms. The van der Waals surface area contributed by atoms with Crippen LogP contribution >= 0.6 is 0 Å². The average molecular weight is 359 g/mol. The quantitative estimate of drug-likeness (QED) is 0.590. The highest BCUT2D eigenvalue weighted by atomic mass is 16.5. The Morgan fingerprint density at radius 3 is 2.65 bits per heavy atom. The summed E-state index contributed by atoms with van der Waals surface area (Å²) in [4.78, 5) is 23.7. The number of rotatable bonds is 7. The van der Waals surface area contributed by atoms with Crippen molar-refractivity contribution >= 4 is 17.6 Å². The highest BCUT2D eigenvalue weighted by Gasteiger charge is 2.30. The third kappa shape index (κ3) is 3.76. The summed E-state index contributed by atoms with van der Waals surface area (Å²) in [7, 11) is 3.25. The zero-order valence-electron chi connectivity index (χ0n) is 16.6. The van der Waals surface area contributed by atoms with Gasteiger partial charge in [0.1, 0.15) is 6.61 Å². The van der Waals surface area contributed by atoms with Crippen LogP contribution in [0.4, 0.5) is 5.69 Å². The van der Waals surface area contributed by atoms with Crippen LogP contribution < -0.4 is 5.32 Å². The number of esters is 2. The first kappa shape index (κ1) is 20.0. The van der Waals surface area contributed by atoms with Crippen LogP contribution in [-0.2, 0) is 33.7 Å².